The molecule has 1 aromatic carbocycles. The maximum atomic E-state index is 11.0. The lowest BCUT2D eigenvalue weighted by Crippen LogP contribution is -1.96. The molecule has 1 aromatic rings. The van der Waals surface area contributed by atoms with Gasteiger partial charge in [0.2, 0.25) is 0 Å². The molecule has 0 aliphatic heterocycles. The SMILES string of the molecule is COC(=O)C/C=C/C(C)=C/c1ccc(OC)c(OC)c1. The van der Waals surface area contributed by atoms with Crippen molar-refractivity contribution in [3.8, 4) is 11.5 Å². The molecular weight excluding hydrogens is 256 g/mol. The largest absolute Gasteiger partial charge is 0.493 e. The number of hydrogen-bond acceptors (Lipinski definition) is 4. The van der Waals surface area contributed by atoms with Crippen LogP contribution >= 0.6 is 0 Å². The molecule has 0 aromatic heterocycles. The Morgan fingerprint density at radius 3 is 2.45 bits per heavy atom. The fraction of sp³-hybridized carbons (Fsp3) is 0.312. The van der Waals surface area contributed by atoms with Crippen LogP contribution in [-0.2, 0) is 9.53 Å². The second-order valence-electron chi connectivity index (χ2n) is 4.19. The summed E-state index contributed by atoms with van der Waals surface area (Å²) >= 11 is 0. The molecule has 0 atom stereocenters. The molecule has 0 N–H and O–H groups in total. The van der Waals surface area contributed by atoms with Crippen LogP contribution in [-0.4, -0.2) is 27.3 Å². The van der Waals surface area contributed by atoms with E-state index >= 15 is 0 Å². The van der Waals surface area contributed by atoms with Gasteiger partial charge in [0, 0.05) is 0 Å². The maximum Gasteiger partial charge on any atom is 0.309 e. The number of hydrogen-bond donors (Lipinski definition) is 0. The zero-order chi connectivity index (χ0) is 15.0. The van der Waals surface area contributed by atoms with Crippen molar-refractivity contribution in [2.24, 2.45) is 0 Å². The molecule has 0 radical (unpaired) electrons. The molecule has 4 heteroatoms. The number of carbonyl (C=O) groups is 1. The van der Waals surface area contributed by atoms with E-state index in [9.17, 15) is 4.79 Å². The van der Waals surface area contributed by atoms with Crippen LogP contribution in [0.15, 0.2) is 35.9 Å². The molecule has 1 rings (SSSR count). The van der Waals surface area contributed by atoms with Crippen molar-refractivity contribution >= 4 is 12.0 Å². The predicted molar refractivity (Wildman–Crippen MR) is 79.0 cm³/mol. The highest BCUT2D eigenvalue weighted by Crippen LogP contribution is 2.28. The third kappa shape index (κ3) is 4.80. The molecule has 0 bridgehead atoms. The summed E-state index contributed by atoms with van der Waals surface area (Å²) in [6, 6.07) is 5.70. The fourth-order valence-electron chi connectivity index (χ4n) is 1.68. The quantitative estimate of drug-likeness (QED) is 0.591. The molecule has 0 aliphatic rings. The van der Waals surface area contributed by atoms with Crippen molar-refractivity contribution in [3.63, 3.8) is 0 Å². The summed E-state index contributed by atoms with van der Waals surface area (Å²) < 4.78 is 15.0. The summed E-state index contributed by atoms with van der Waals surface area (Å²) in [7, 11) is 4.59. The van der Waals surface area contributed by atoms with Gasteiger partial charge in [-0.05, 0) is 24.6 Å². The van der Waals surface area contributed by atoms with Crippen LogP contribution in [0.4, 0.5) is 0 Å². The first-order valence-corrected chi connectivity index (χ1v) is 6.24. The molecule has 0 heterocycles. The van der Waals surface area contributed by atoms with Crippen LogP contribution in [0.2, 0.25) is 0 Å². The van der Waals surface area contributed by atoms with Crippen LogP contribution in [0.5, 0.6) is 11.5 Å². The number of allylic oxidation sites excluding steroid dienone is 2. The number of rotatable bonds is 6. The van der Waals surface area contributed by atoms with Crippen LogP contribution in [0.25, 0.3) is 6.08 Å². The smallest absolute Gasteiger partial charge is 0.309 e. The van der Waals surface area contributed by atoms with Gasteiger partial charge in [0.05, 0.1) is 27.8 Å². The second kappa shape index (κ2) is 8.04. The molecule has 0 fully saturated rings. The van der Waals surface area contributed by atoms with Gasteiger partial charge in [-0.2, -0.15) is 0 Å². The summed E-state index contributed by atoms with van der Waals surface area (Å²) in [5.74, 6) is 1.14. The lowest BCUT2D eigenvalue weighted by Gasteiger charge is -2.07. The minimum atomic E-state index is -0.250. The maximum absolute atomic E-state index is 11.0. The number of ether oxygens (including phenoxy) is 3. The highest BCUT2D eigenvalue weighted by atomic mass is 16.5. The minimum absolute atomic E-state index is 0.250. The van der Waals surface area contributed by atoms with Crippen molar-refractivity contribution in [2.45, 2.75) is 13.3 Å². The summed E-state index contributed by atoms with van der Waals surface area (Å²) in [6.07, 6.45) is 5.93. The minimum Gasteiger partial charge on any atom is -0.493 e. The van der Waals surface area contributed by atoms with Crippen molar-refractivity contribution in [1.82, 2.24) is 0 Å². The normalized spacial score (nSPS) is 11.5. The summed E-state index contributed by atoms with van der Waals surface area (Å²) in [5, 5.41) is 0. The Morgan fingerprint density at radius 2 is 1.85 bits per heavy atom. The van der Waals surface area contributed by atoms with Gasteiger partial charge in [0.1, 0.15) is 0 Å². The fourth-order valence-corrected chi connectivity index (χ4v) is 1.68. The Hall–Kier alpha value is -2.23. The highest BCUT2D eigenvalue weighted by molar-refractivity contribution is 5.71. The molecule has 0 saturated carbocycles. The zero-order valence-corrected chi connectivity index (χ0v) is 12.3. The Morgan fingerprint density at radius 1 is 1.15 bits per heavy atom. The monoisotopic (exact) mass is 276 g/mol. The van der Waals surface area contributed by atoms with E-state index < -0.39 is 0 Å². The van der Waals surface area contributed by atoms with Gasteiger partial charge in [-0.25, -0.2) is 0 Å². The van der Waals surface area contributed by atoms with E-state index in [0.717, 1.165) is 11.1 Å². The molecule has 0 saturated heterocycles. The molecule has 108 valence electrons. The molecular formula is C16H20O4. The number of carbonyl (C=O) groups excluding carboxylic acids is 1. The molecule has 20 heavy (non-hydrogen) atoms. The predicted octanol–water partition coefficient (Wildman–Crippen LogP) is 3.23. The van der Waals surface area contributed by atoms with Gasteiger partial charge in [0.15, 0.2) is 11.5 Å². The lowest BCUT2D eigenvalue weighted by atomic mass is 10.1. The summed E-state index contributed by atoms with van der Waals surface area (Å²) in [4.78, 5) is 11.0. The standard InChI is InChI=1S/C16H20O4/c1-12(6-5-7-16(17)20-4)10-13-8-9-14(18-2)15(11-13)19-3/h5-6,8-11H,7H2,1-4H3/b6-5+,12-10+. The van der Waals surface area contributed by atoms with E-state index in [2.05, 4.69) is 4.74 Å². The number of esters is 1. The Labute approximate surface area is 119 Å². The van der Waals surface area contributed by atoms with Crippen LogP contribution in [0.3, 0.4) is 0 Å². The van der Waals surface area contributed by atoms with Gasteiger partial charge in [0.25, 0.3) is 0 Å². The number of benzene rings is 1. The third-order valence-electron chi connectivity index (χ3n) is 2.69. The topological polar surface area (TPSA) is 44.8 Å². The van der Waals surface area contributed by atoms with E-state index in [-0.39, 0.29) is 12.4 Å². The Kier molecular flexibility index (Phi) is 6.37. The third-order valence-corrected chi connectivity index (χ3v) is 2.69. The Bertz CT molecular complexity index is 515. The number of methoxy groups -OCH3 is 3. The second-order valence-corrected chi connectivity index (χ2v) is 4.19. The van der Waals surface area contributed by atoms with Crippen LogP contribution < -0.4 is 9.47 Å². The average molecular weight is 276 g/mol. The average Bonchev–Trinajstić information content (AvgIpc) is 2.46. The molecule has 0 spiro atoms. The Balaban J connectivity index is 2.80. The van der Waals surface area contributed by atoms with Crippen molar-refractivity contribution < 1.29 is 19.0 Å². The van der Waals surface area contributed by atoms with Gasteiger partial charge < -0.3 is 14.2 Å². The molecule has 0 amide bonds. The molecule has 0 unspecified atom stereocenters. The first-order chi connectivity index (χ1) is 9.60. The highest BCUT2D eigenvalue weighted by Gasteiger charge is 2.02. The van der Waals surface area contributed by atoms with Crippen molar-refractivity contribution in [3.05, 3.63) is 41.5 Å². The van der Waals surface area contributed by atoms with Crippen molar-refractivity contribution in [1.29, 1.82) is 0 Å². The van der Waals surface area contributed by atoms with Gasteiger partial charge in [-0.15, -0.1) is 0 Å². The molecule has 0 aliphatic carbocycles. The van der Waals surface area contributed by atoms with E-state index in [1.165, 1.54) is 7.11 Å². The first-order valence-electron chi connectivity index (χ1n) is 6.24. The first kappa shape index (κ1) is 15.8. The van der Waals surface area contributed by atoms with E-state index in [0.29, 0.717) is 11.5 Å². The van der Waals surface area contributed by atoms with Crippen LogP contribution in [0, 0.1) is 0 Å². The van der Waals surface area contributed by atoms with E-state index in [1.807, 2.05) is 37.3 Å². The van der Waals surface area contributed by atoms with Crippen molar-refractivity contribution in [2.75, 3.05) is 21.3 Å². The zero-order valence-electron chi connectivity index (χ0n) is 12.3. The van der Waals surface area contributed by atoms with Gasteiger partial charge >= 0.3 is 5.97 Å². The van der Waals surface area contributed by atoms with E-state index in [1.54, 1.807) is 20.3 Å². The summed E-state index contributed by atoms with van der Waals surface area (Å²) in [5.41, 5.74) is 2.03. The van der Waals surface area contributed by atoms with Crippen LogP contribution in [0.1, 0.15) is 18.9 Å². The lowest BCUT2D eigenvalue weighted by molar-refractivity contribution is -0.139. The summed E-state index contributed by atoms with van der Waals surface area (Å²) in [6.45, 7) is 1.96. The van der Waals surface area contributed by atoms with E-state index in [4.69, 9.17) is 9.47 Å². The van der Waals surface area contributed by atoms with Gasteiger partial charge in [-0.3, -0.25) is 4.79 Å². The molecule has 4 nitrogen and oxygen atoms in total. The van der Waals surface area contributed by atoms with Gasteiger partial charge in [-0.1, -0.05) is 29.9 Å².